The standard InChI is InChI=1S/C18H15N7O2/c1-11(26)12-4-6-13(7-5-12)21-17-19-10-20-18(23-17)22-16-9-14(24-25-16)15-3-2-8-27-15/h2-10H,1H3,(H3,19,20,21,22,23,24,25). The van der Waals surface area contributed by atoms with Crippen LogP contribution in [-0.2, 0) is 0 Å². The quantitative estimate of drug-likeness (QED) is 0.446. The van der Waals surface area contributed by atoms with E-state index in [1.54, 1.807) is 42.7 Å². The van der Waals surface area contributed by atoms with Crippen molar-refractivity contribution in [3.8, 4) is 11.5 Å². The van der Waals surface area contributed by atoms with Gasteiger partial charge in [0.05, 0.1) is 6.26 Å². The number of aromatic amines is 1. The van der Waals surface area contributed by atoms with Crippen LogP contribution in [0.1, 0.15) is 17.3 Å². The third kappa shape index (κ3) is 3.82. The van der Waals surface area contributed by atoms with Crippen molar-refractivity contribution in [1.82, 2.24) is 25.1 Å². The molecule has 0 bridgehead atoms. The number of hydrogen-bond donors (Lipinski definition) is 3. The molecule has 0 radical (unpaired) electrons. The number of anilines is 4. The molecule has 0 saturated heterocycles. The van der Waals surface area contributed by atoms with Crippen molar-refractivity contribution in [3.05, 3.63) is 60.6 Å². The molecule has 0 amide bonds. The number of carbonyl (C=O) groups is 1. The molecule has 4 rings (SSSR count). The van der Waals surface area contributed by atoms with E-state index in [1.807, 2.05) is 6.07 Å². The normalized spacial score (nSPS) is 10.6. The summed E-state index contributed by atoms with van der Waals surface area (Å²) in [6.45, 7) is 1.53. The van der Waals surface area contributed by atoms with Crippen LogP contribution in [0.15, 0.2) is 59.5 Å². The van der Waals surface area contributed by atoms with Crippen LogP contribution in [0.25, 0.3) is 11.5 Å². The van der Waals surface area contributed by atoms with Gasteiger partial charge in [-0.3, -0.25) is 9.89 Å². The van der Waals surface area contributed by atoms with Gasteiger partial charge < -0.3 is 15.1 Å². The molecule has 0 aliphatic carbocycles. The Morgan fingerprint density at radius 3 is 2.56 bits per heavy atom. The van der Waals surface area contributed by atoms with Crippen LogP contribution in [0.3, 0.4) is 0 Å². The highest BCUT2D eigenvalue weighted by Gasteiger charge is 2.08. The van der Waals surface area contributed by atoms with Crippen LogP contribution in [0.4, 0.5) is 23.4 Å². The molecule has 3 N–H and O–H groups in total. The van der Waals surface area contributed by atoms with Crippen LogP contribution in [0.5, 0.6) is 0 Å². The van der Waals surface area contributed by atoms with Gasteiger partial charge in [0.1, 0.15) is 12.0 Å². The summed E-state index contributed by atoms with van der Waals surface area (Å²) in [6, 6.07) is 12.5. The second-order valence-corrected chi connectivity index (χ2v) is 5.66. The van der Waals surface area contributed by atoms with E-state index in [2.05, 4.69) is 35.8 Å². The zero-order valence-electron chi connectivity index (χ0n) is 14.3. The average molecular weight is 361 g/mol. The lowest BCUT2D eigenvalue weighted by molar-refractivity contribution is 0.101. The Balaban J connectivity index is 1.47. The summed E-state index contributed by atoms with van der Waals surface area (Å²) in [6.07, 6.45) is 2.98. The Kier molecular flexibility index (Phi) is 4.32. The molecule has 27 heavy (non-hydrogen) atoms. The number of Topliss-reactive ketones (excluding diaryl/α,β-unsaturated/α-hetero) is 1. The molecule has 0 atom stereocenters. The highest BCUT2D eigenvalue weighted by Crippen LogP contribution is 2.21. The maximum atomic E-state index is 11.3. The number of ketones is 1. The first-order valence-corrected chi connectivity index (χ1v) is 8.11. The van der Waals surface area contributed by atoms with Crippen LogP contribution in [-0.4, -0.2) is 30.9 Å². The lowest BCUT2D eigenvalue weighted by atomic mass is 10.1. The van der Waals surface area contributed by atoms with E-state index in [0.29, 0.717) is 29.0 Å². The van der Waals surface area contributed by atoms with Crippen molar-refractivity contribution in [2.45, 2.75) is 6.92 Å². The molecular formula is C18H15N7O2. The first-order chi connectivity index (χ1) is 13.2. The van der Waals surface area contributed by atoms with E-state index in [9.17, 15) is 4.79 Å². The SMILES string of the molecule is CC(=O)c1ccc(Nc2ncnc(Nc3cc(-c4ccco4)[nH]n3)n2)cc1. The van der Waals surface area contributed by atoms with Gasteiger partial charge in [0.2, 0.25) is 11.9 Å². The molecule has 4 aromatic rings. The summed E-state index contributed by atoms with van der Waals surface area (Å²) in [7, 11) is 0. The number of aromatic nitrogens is 5. The number of carbonyl (C=O) groups excluding carboxylic acids is 1. The van der Waals surface area contributed by atoms with E-state index in [-0.39, 0.29) is 5.78 Å². The van der Waals surface area contributed by atoms with E-state index >= 15 is 0 Å². The topological polar surface area (TPSA) is 122 Å². The number of furan rings is 1. The fourth-order valence-corrected chi connectivity index (χ4v) is 2.39. The first kappa shape index (κ1) is 16.5. The van der Waals surface area contributed by atoms with Gasteiger partial charge in [0.25, 0.3) is 0 Å². The largest absolute Gasteiger partial charge is 0.463 e. The predicted molar refractivity (Wildman–Crippen MR) is 99.1 cm³/mol. The molecule has 9 nitrogen and oxygen atoms in total. The molecule has 0 unspecified atom stereocenters. The fraction of sp³-hybridized carbons (Fsp3) is 0.0556. The van der Waals surface area contributed by atoms with E-state index < -0.39 is 0 Å². The molecule has 9 heteroatoms. The number of rotatable bonds is 6. The van der Waals surface area contributed by atoms with E-state index in [0.717, 1.165) is 11.4 Å². The molecule has 1 aromatic carbocycles. The van der Waals surface area contributed by atoms with Crippen LogP contribution in [0, 0.1) is 0 Å². The maximum absolute atomic E-state index is 11.3. The zero-order valence-corrected chi connectivity index (χ0v) is 14.3. The fourth-order valence-electron chi connectivity index (χ4n) is 2.39. The van der Waals surface area contributed by atoms with Gasteiger partial charge in [-0.2, -0.15) is 10.1 Å². The number of H-pyrrole nitrogens is 1. The van der Waals surface area contributed by atoms with Crippen molar-refractivity contribution in [3.63, 3.8) is 0 Å². The highest BCUT2D eigenvalue weighted by atomic mass is 16.3. The van der Waals surface area contributed by atoms with Gasteiger partial charge >= 0.3 is 0 Å². The second kappa shape index (κ2) is 7.08. The maximum Gasteiger partial charge on any atom is 0.233 e. The van der Waals surface area contributed by atoms with Crippen molar-refractivity contribution in [2.75, 3.05) is 10.6 Å². The minimum Gasteiger partial charge on any atom is -0.463 e. The minimum absolute atomic E-state index is 0.0149. The van der Waals surface area contributed by atoms with Gasteiger partial charge in [-0.1, -0.05) is 0 Å². The molecular weight excluding hydrogens is 346 g/mol. The van der Waals surface area contributed by atoms with Gasteiger partial charge in [0.15, 0.2) is 17.4 Å². The Morgan fingerprint density at radius 2 is 1.85 bits per heavy atom. The Morgan fingerprint density at radius 1 is 1.07 bits per heavy atom. The van der Waals surface area contributed by atoms with E-state index in [1.165, 1.54) is 13.3 Å². The van der Waals surface area contributed by atoms with Crippen LogP contribution < -0.4 is 10.6 Å². The molecule has 0 aliphatic rings. The van der Waals surface area contributed by atoms with Crippen molar-refractivity contribution >= 4 is 29.2 Å². The average Bonchev–Trinajstić information content (AvgIpc) is 3.34. The van der Waals surface area contributed by atoms with Gasteiger partial charge in [-0.15, -0.1) is 0 Å². The minimum atomic E-state index is 0.0149. The predicted octanol–water partition coefficient (Wildman–Crippen LogP) is 3.54. The summed E-state index contributed by atoms with van der Waals surface area (Å²) in [4.78, 5) is 23.8. The Hall–Kier alpha value is -4.01. The lowest BCUT2D eigenvalue weighted by Gasteiger charge is -2.06. The highest BCUT2D eigenvalue weighted by molar-refractivity contribution is 5.94. The van der Waals surface area contributed by atoms with Crippen molar-refractivity contribution < 1.29 is 9.21 Å². The van der Waals surface area contributed by atoms with Crippen molar-refractivity contribution in [1.29, 1.82) is 0 Å². The summed E-state index contributed by atoms with van der Waals surface area (Å²) >= 11 is 0. The third-order valence-electron chi connectivity index (χ3n) is 3.72. The summed E-state index contributed by atoms with van der Waals surface area (Å²) < 4.78 is 5.32. The zero-order chi connectivity index (χ0) is 18.6. The smallest absolute Gasteiger partial charge is 0.233 e. The number of hydrogen-bond acceptors (Lipinski definition) is 8. The number of nitrogens with one attached hydrogen (secondary N) is 3. The monoisotopic (exact) mass is 361 g/mol. The third-order valence-corrected chi connectivity index (χ3v) is 3.72. The van der Waals surface area contributed by atoms with Crippen molar-refractivity contribution in [2.24, 2.45) is 0 Å². The summed E-state index contributed by atoms with van der Waals surface area (Å²) in [5.41, 5.74) is 2.14. The Labute approximate surface area is 153 Å². The summed E-state index contributed by atoms with van der Waals surface area (Å²) in [5.74, 6) is 1.95. The molecule has 134 valence electrons. The van der Waals surface area contributed by atoms with E-state index in [4.69, 9.17) is 4.42 Å². The van der Waals surface area contributed by atoms with Gasteiger partial charge in [-0.05, 0) is 43.3 Å². The first-order valence-electron chi connectivity index (χ1n) is 8.11. The lowest BCUT2D eigenvalue weighted by Crippen LogP contribution is -2.03. The Bertz CT molecular complexity index is 1060. The number of nitrogens with zero attached hydrogens (tertiary/aromatic N) is 4. The molecule has 0 saturated carbocycles. The molecule has 0 fully saturated rings. The number of benzene rings is 1. The van der Waals surface area contributed by atoms with Gasteiger partial charge in [0, 0.05) is 17.3 Å². The molecule has 0 spiro atoms. The second-order valence-electron chi connectivity index (χ2n) is 5.66. The molecule has 0 aliphatic heterocycles. The summed E-state index contributed by atoms with van der Waals surface area (Å²) in [5, 5.41) is 13.1. The van der Waals surface area contributed by atoms with Gasteiger partial charge in [-0.25, -0.2) is 9.97 Å². The molecule has 3 aromatic heterocycles. The van der Waals surface area contributed by atoms with Crippen LogP contribution in [0.2, 0.25) is 0 Å². The van der Waals surface area contributed by atoms with Crippen LogP contribution >= 0.6 is 0 Å². The molecule has 3 heterocycles.